The topological polar surface area (TPSA) is 79.2 Å². The van der Waals surface area contributed by atoms with Gasteiger partial charge in [-0.05, 0) is 55.2 Å². The first-order chi connectivity index (χ1) is 14.5. The number of para-hydroxylation sites is 1. The van der Waals surface area contributed by atoms with Gasteiger partial charge in [0.25, 0.3) is 0 Å². The summed E-state index contributed by atoms with van der Waals surface area (Å²) < 4.78 is 11.8. The molecule has 6 nitrogen and oxygen atoms in total. The number of likely N-dealkylation sites (tertiary alicyclic amines) is 1. The van der Waals surface area contributed by atoms with Crippen molar-refractivity contribution in [1.29, 1.82) is 0 Å². The number of piperidine rings is 1. The first-order valence-electron chi connectivity index (χ1n) is 10.2. The molecule has 3 rings (SSSR count). The lowest BCUT2D eigenvalue weighted by atomic mass is 10.1. The van der Waals surface area contributed by atoms with Crippen molar-refractivity contribution in [3.05, 3.63) is 59.1 Å². The van der Waals surface area contributed by atoms with Gasteiger partial charge >= 0.3 is 5.97 Å². The molecule has 1 atom stereocenters. The number of nitrogens with zero attached hydrogens (tertiary/aromatic N) is 1. The summed E-state index contributed by atoms with van der Waals surface area (Å²) in [7, 11) is 0. The molecule has 1 heterocycles. The van der Waals surface area contributed by atoms with Gasteiger partial charge in [-0.1, -0.05) is 29.8 Å². The van der Waals surface area contributed by atoms with Crippen LogP contribution in [0, 0.1) is 0 Å². The highest BCUT2D eigenvalue weighted by Gasteiger charge is 2.22. The second-order valence-corrected chi connectivity index (χ2v) is 7.97. The first kappa shape index (κ1) is 22.4. The number of aryl methyl sites for hydroxylation is 1. The zero-order valence-electron chi connectivity index (χ0n) is 16.9. The number of aliphatic hydroxyl groups excluding tert-OH is 1. The summed E-state index contributed by atoms with van der Waals surface area (Å²) in [6, 6.07) is 14.8. The van der Waals surface area contributed by atoms with E-state index in [2.05, 4.69) is 4.90 Å². The van der Waals surface area contributed by atoms with Crippen LogP contribution in [0.5, 0.6) is 11.5 Å². The Morgan fingerprint density at radius 1 is 1.13 bits per heavy atom. The number of β-amino-alcohol motifs (C(OH)–C–C–N with tert-alkyl or cyclic N) is 1. The molecular weight excluding hydrogens is 406 g/mol. The third-order valence-corrected chi connectivity index (χ3v) is 5.38. The summed E-state index contributed by atoms with van der Waals surface area (Å²) in [5.74, 6) is 0.619. The fourth-order valence-electron chi connectivity index (χ4n) is 3.54. The zero-order chi connectivity index (χ0) is 21.3. The van der Waals surface area contributed by atoms with Crippen LogP contribution in [0.4, 0.5) is 0 Å². The average molecular weight is 434 g/mol. The highest BCUT2D eigenvalue weighted by Crippen LogP contribution is 2.22. The molecule has 0 spiro atoms. The molecule has 0 saturated carbocycles. The first-order valence-corrected chi connectivity index (χ1v) is 10.6. The van der Waals surface area contributed by atoms with Crippen molar-refractivity contribution >= 4 is 17.6 Å². The molecule has 0 aliphatic carbocycles. The number of benzene rings is 2. The predicted molar refractivity (Wildman–Crippen MR) is 115 cm³/mol. The van der Waals surface area contributed by atoms with Crippen LogP contribution in [0.2, 0.25) is 5.02 Å². The van der Waals surface area contributed by atoms with Gasteiger partial charge in [0.05, 0.1) is 0 Å². The molecule has 1 fully saturated rings. The molecule has 2 aromatic rings. The number of carboxylic acids is 1. The van der Waals surface area contributed by atoms with E-state index in [-0.39, 0.29) is 19.1 Å². The van der Waals surface area contributed by atoms with Crippen molar-refractivity contribution in [3.63, 3.8) is 0 Å². The van der Waals surface area contributed by atoms with E-state index in [0.717, 1.165) is 37.2 Å². The van der Waals surface area contributed by atoms with Crippen molar-refractivity contribution in [2.75, 3.05) is 26.2 Å². The summed E-state index contributed by atoms with van der Waals surface area (Å²) >= 11 is 5.90. The molecule has 0 bridgehead atoms. The van der Waals surface area contributed by atoms with Crippen LogP contribution >= 0.6 is 11.6 Å². The third kappa shape index (κ3) is 7.20. The largest absolute Gasteiger partial charge is 0.491 e. The number of rotatable bonds is 10. The molecule has 30 heavy (non-hydrogen) atoms. The van der Waals surface area contributed by atoms with Crippen LogP contribution in [0.25, 0.3) is 0 Å². The van der Waals surface area contributed by atoms with Crippen LogP contribution in [-0.2, 0) is 11.2 Å². The number of hydrogen-bond acceptors (Lipinski definition) is 5. The smallest absolute Gasteiger partial charge is 0.303 e. The van der Waals surface area contributed by atoms with Crippen molar-refractivity contribution in [3.8, 4) is 11.5 Å². The highest BCUT2D eigenvalue weighted by atomic mass is 35.5. The summed E-state index contributed by atoms with van der Waals surface area (Å²) in [5, 5.41) is 20.0. The van der Waals surface area contributed by atoms with Gasteiger partial charge in [-0.15, -0.1) is 0 Å². The number of aliphatic hydroxyl groups is 1. The minimum atomic E-state index is -0.840. The number of hydrogen-bond donors (Lipinski definition) is 2. The quantitative estimate of drug-likeness (QED) is 0.595. The van der Waals surface area contributed by atoms with Crippen molar-refractivity contribution < 1.29 is 24.5 Å². The van der Waals surface area contributed by atoms with Crippen molar-refractivity contribution in [2.24, 2.45) is 0 Å². The summed E-state index contributed by atoms with van der Waals surface area (Å²) in [6.45, 7) is 2.41. The Kier molecular flexibility index (Phi) is 8.37. The molecule has 1 aliphatic rings. The molecule has 162 valence electrons. The Balaban J connectivity index is 1.39. The predicted octanol–water partition coefficient (Wildman–Crippen LogP) is 3.64. The van der Waals surface area contributed by atoms with Gasteiger partial charge in [-0.25, -0.2) is 0 Å². The minimum Gasteiger partial charge on any atom is -0.491 e. The molecule has 2 aromatic carbocycles. The lowest BCUT2D eigenvalue weighted by Gasteiger charge is -2.33. The maximum atomic E-state index is 10.8. The normalized spacial score (nSPS) is 16.2. The van der Waals surface area contributed by atoms with Gasteiger partial charge in [0.15, 0.2) is 0 Å². The van der Waals surface area contributed by atoms with Gasteiger partial charge in [0.1, 0.15) is 30.3 Å². The summed E-state index contributed by atoms with van der Waals surface area (Å²) in [6.07, 6.45) is 1.80. The van der Waals surface area contributed by atoms with E-state index >= 15 is 0 Å². The van der Waals surface area contributed by atoms with Crippen LogP contribution in [-0.4, -0.2) is 59.5 Å². The molecule has 1 saturated heterocycles. The van der Waals surface area contributed by atoms with Gasteiger partial charge in [0.2, 0.25) is 0 Å². The Morgan fingerprint density at radius 2 is 1.83 bits per heavy atom. The van der Waals surface area contributed by atoms with Crippen LogP contribution in [0.3, 0.4) is 0 Å². The third-order valence-electron chi connectivity index (χ3n) is 5.13. The Morgan fingerprint density at radius 3 is 2.53 bits per heavy atom. The maximum absolute atomic E-state index is 10.8. The van der Waals surface area contributed by atoms with E-state index in [1.165, 1.54) is 0 Å². The van der Waals surface area contributed by atoms with E-state index in [9.17, 15) is 9.90 Å². The van der Waals surface area contributed by atoms with Crippen LogP contribution in [0.15, 0.2) is 48.5 Å². The number of ether oxygens (including phenoxy) is 2. The summed E-state index contributed by atoms with van der Waals surface area (Å²) in [5.41, 5.74) is 0.840. The molecule has 2 N–H and O–H groups in total. The number of carboxylic acid groups (broad SMARTS) is 1. The van der Waals surface area contributed by atoms with E-state index in [1.807, 2.05) is 48.5 Å². The molecule has 1 aliphatic heterocycles. The number of halogens is 1. The Hall–Kier alpha value is -2.28. The van der Waals surface area contributed by atoms with E-state index in [0.29, 0.717) is 23.7 Å². The zero-order valence-corrected chi connectivity index (χ0v) is 17.6. The molecule has 1 unspecified atom stereocenters. The van der Waals surface area contributed by atoms with Crippen molar-refractivity contribution in [1.82, 2.24) is 4.90 Å². The molecular formula is C23H28ClNO5. The standard InChI is InChI=1S/C23H28ClNO5/c24-18-6-8-20(9-7-18)30-21-11-13-25(14-12-21)15-19(26)16-29-22-4-2-1-3-17(22)5-10-23(27)28/h1-4,6-9,19,21,26H,5,10-16H2,(H,27,28). The van der Waals surface area contributed by atoms with Crippen LogP contribution < -0.4 is 9.47 Å². The lowest BCUT2D eigenvalue weighted by Crippen LogP contribution is -2.43. The Bertz CT molecular complexity index is 805. The monoisotopic (exact) mass is 433 g/mol. The second kappa shape index (κ2) is 11.2. The molecule has 0 radical (unpaired) electrons. The molecule has 0 aromatic heterocycles. The minimum absolute atomic E-state index is 0.0516. The number of carbonyl (C=O) groups is 1. The fourth-order valence-corrected chi connectivity index (χ4v) is 3.67. The van der Waals surface area contributed by atoms with Crippen molar-refractivity contribution in [2.45, 2.75) is 37.9 Å². The molecule has 0 amide bonds. The SMILES string of the molecule is O=C(O)CCc1ccccc1OCC(O)CN1CCC(Oc2ccc(Cl)cc2)CC1. The van der Waals surface area contributed by atoms with Gasteiger partial charge in [-0.3, -0.25) is 4.79 Å². The fraction of sp³-hybridized carbons (Fsp3) is 0.435. The lowest BCUT2D eigenvalue weighted by molar-refractivity contribution is -0.136. The van der Waals surface area contributed by atoms with E-state index < -0.39 is 12.1 Å². The van der Waals surface area contributed by atoms with Crippen LogP contribution in [0.1, 0.15) is 24.8 Å². The number of aliphatic carboxylic acids is 1. The maximum Gasteiger partial charge on any atom is 0.303 e. The van der Waals surface area contributed by atoms with E-state index in [4.69, 9.17) is 26.2 Å². The molecule has 7 heteroatoms. The van der Waals surface area contributed by atoms with E-state index in [1.54, 1.807) is 0 Å². The Labute approximate surface area is 182 Å². The average Bonchev–Trinajstić information content (AvgIpc) is 2.74. The second-order valence-electron chi connectivity index (χ2n) is 7.54. The van der Waals surface area contributed by atoms with Gasteiger partial charge < -0.3 is 24.6 Å². The summed E-state index contributed by atoms with van der Waals surface area (Å²) in [4.78, 5) is 13.0. The van der Waals surface area contributed by atoms with Gasteiger partial charge in [0, 0.05) is 31.1 Å². The van der Waals surface area contributed by atoms with Gasteiger partial charge in [-0.2, -0.15) is 0 Å². The highest BCUT2D eigenvalue weighted by molar-refractivity contribution is 6.30.